The van der Waals surface area contributed by atoms with E-state index in [0.717, 1.165) is 16.7 Å². The smallest absolute Gasteiger partial charge is 0.316 e. The highest BCUT2D eigenvalue weighted by Gasteiger charge is 2.08. The molecule has 0 aliphatic heterocycles. The van der Waals surface area contributed by atoms with E-state index in [1.165, 1.54) is 13.2 Å². The third kappa shape index (κ3) is 3.66. The predicted octanol–water partition coefficient (Wildman–Crippen LogP) is 2.52. The third-order valence-electron chi connectivity index (χ3n) is 3.10. The molecule has 1 aromatic heterocycles. The average molecular weight is 283 g/mol. The first-order valence-corrected chi connectivity index (χ1v) is 6.53. The van der Waals surface area contributed by atoms with E-state index in [-0.39, 0.29) is 11.9 Å². The molecular weight excluding hydrogens is 266 g/mol. The summed E-state index contributed by atoms with van der Waals surface area (Å²) in [5, 5.41) is 2.82. The number of ether oxygens (including phenoxy) is 1. The average Bonchev–Trinajstić information content (AvgIpc) is 2.55. The van der Waals surface area contributed by atoms with Crippen LogP contribution in [0.3, 0.4) is 0 Å². The first kappa shape index (κ1) is 14.7. The topological polar surface area (TPSA) is 64.1 Å². The molecule has 0 bridgehead atoms. The van der Waals surface area contributed by atoms with Crippen molar-refractivity contribution >= 4 is 5.91 Å². The number of amides is 1. The molecule has 1 N–H and O–H groups in total. The SMILES string of the molecule is C=CC(=O)N[C@H](C)c1ccc(-c2cnc(OC)nc2)cc1. The largest absolute Gasteiger partial charge is 0.467 e. The summed E-state index contributed by atoms with van der Waals surface area (Å²) in [6, 6.07) is 8.14. The van der Waals surface area contributed by atoms with Crippen molar-refractivity contribution in [3.05, 3.63) is 54.9 Å². The molecule has 1 aromatic carbocycles. The maximum absolute atomic E-state index is 11.3. The Balaban J connectivity index is 2.14. The van der Waals surface area contributed by atoms with Crippen molar-refractivity contribution in [2.24, 2.45) is 0 Å². The Hall–Kier alpha value is -2.69. The zero-order valence-electron chi connectivity index (χ0n) is 12.0. The summed E-state index contributed by atoms with van der Waals surface area (Å²) in [5.41, 5.74) is 2.93. The van der Waals surface area contributed by atoms with Crippen molar-refractivity contribution in [2.45, 2.75) is 13.0 Å². The van der Waals surface area contributed by atoms with Gasteiger partial charge in [0.05, 0.1) is 13.2 Å². The number of hydrogen-bond acceptors (Lipinski definition) is 4. The molecule has 1 heterocycles. The van der Waals surface area contributed by atoms with E-state index in [4.69, 9.17) is 4.74 Å². The van der Waals surface area contributed by atoms with Crippen LogP contribution in [0.2, 0.25) is 0 Å². The second-order valence-electron chi connectivity index (χ2n) is 4.51. The van der Waals surface area contributed by atoms with Gasteiger partial charge in [0.1, 0.15) is 0 Å². The number of hydrogen-bond donors (Lipinski definition) is 1. The summed E-state index contributed by atoms with van der Waals surface area (Å²) in [5.74, 6) is -0.185. The lowest BCUT2D eigenvalue weighted by atomic mass is 10.0. The number of methoxy groups -OCH3 is 1. The second kappa shape index (κ2) is 6.65. The van der Waals surface area contributed by atoms with E-state index in [0.29, 0.717) is 6.01 Å². The van der Waals surface area contributed by atoms with E-state index in [1.807, 2.05) is 31.2 Å². The van der Waals surface area contributed by atoms with Crippen molar-refractivity contribution in [2.75, 3.05) is 7.11 Å². The fourth-order valence-electron chi connectivity index (χ4n) is 1.89. The van der Waals surface area contributed by atoms with Crippen LogP contribution < -0.4 is 10.1 Å². The number of nitrogens with one attached hydrogen (secondary N) is 1. The third-order valence-corrected chi connectivity index (χ3v) is 3.10. The molecule has 108 valence electrons. The van der Waals surface area contributed by atoms with Gasteiger partial charge in [-0.25, -0.2) is 9.97 Å². The van der Waals surface area contributed by atoms with Gasteiger partial charge < -0.3 is 10.1 Å². The fraction of sp³-hybridized carbons (Fsp3) is 0.188. The van der Waals surface area contributed by atoms with Gasteiger partial charge in [0.25, 0.3) is 0 Å². The molecule has 0 fully saturated rings. The molecule has 1 amide bonds. The normalized spacial score (nSPS) is 11.5. The van der Waals surface area contributed by atoms with E-state index in [9.17, 15) is 4.79 Å². The van der Waals surface area contributed by atoms with Gasteiger partial charge in [-0.1, -0.05) is 30.8 Å². The molecule has 1 atom stereocenters. The quantitative estimate of drug-likeness (QED) is 0.856. The molecule has 0 spiro atoms. The molecule has 0 saturated heterocycles. The zero-order chi connectivity index (χ0) is 15.2. The fourth-order valence-corrected chi connectivity index (χ4v) is 1.89. The van der Waals surface area contributed by atoms with E-state index >= 15 is 0 Å². The summed E-state index contributed by atoms with van der Waals surface area (Å²) >= 11 is 0. The number of carbonyl (C=O) groups is 1. The van der Waals surface area contributed by atoms with Gasteiger partial charge in [-0.3, -0.25) is 4.79 Å². The second-order valence-corrected chi connectivity index (χ2v) is 4.51. The first-order chi connectivity index (χ1) is 10.1. The standard InChI is InChI=1S/C16H17N3O2/c1-4-15(20)19-11(2)12-5-7-13(8-6-12)14-9-17-16(21-3)18-10-14/h4-11H,1H2,2-3H3,(H,19,20)/t11-/m1/s1. The molecule has 21 heavy (non-hydrogen) atoms. The van der Waals surface area contributed by atoms with Crippen molar-refractivity contribution in [3.63, 3.8) is 0 Å². The highest BCUT2D eigenvalue weighted by Crippen LogP contribution is 2.21. The number of nitrogens with zero attached hydrogens (tertiary/aromatic N) is 2. The highest BCUT2D eigenvalue weighted by molar-refractivity contribution is 5.87. The Bertz CT molecular complexity index is 621. The van der Waals surface area contributed by atoms with Crippen molar-refractivity contribution in [3.8, 4) is 17.1 Å². The van der Waals surface area contributed by atoms with Crippen LogP contribution in [0.4, 0.5) is 0 Å². The van der Waals surface area contributed by atoms with Crippen LogP contribution in [0.15, 0.2) is 49.3 Å². The Morgan fingerprint density at radius 1 is 1.24 bits per heavy atom. The minimum atomic E-state index is -0.185. The van der Waals surface area contributed by atoms with E-state index < -0.39 is 0 Å². The van der Waals surface area contributed by atoms with Gasteiger partial charge in [0, 0.05) is 18.0 Å². The number of benzene rings is 1. The van der Waals surface area contributed by atoms with Crippen LogP contribution in [0.5, 0.6) is 6.01 Å². The number of rotatable bonds is 5. The van der Waals surface area contributed by atoms with Gasteiger partial charge in [-0.15, -0.1) is 0 Å². The van der Waals surface area contributed by atoms with Gasteiger partial charge in [0.2, 0.25) is 5.91 Å². The summed E-state index contributed by atoms with van der Waals surface area (Å²) in [4.78, 5) is 19.4. The molecule has 0 radical (unpaired) electrons. The lowest BCUT2D eigenvalue weighted by molar-refractivity contribution is -0.117. The Kier molecular flexibility index (Phi) is 4.66. The maximum Gasteiger partial charge on any atom is 0.316 e. The molecule has 0 aliphatic rings. The monoisotopic (exact) mass is 283 g/mol. The van der Waals surface area contributed by atoms with Crippen molar-refractivity contribution in [1.82, 2.24) is 15.3 Å². The van der Waals surface area contributed by atoms with Crippen LogP contribution in [0, 0.1) is 0 Å². The van der Waals surface area contributed by atoms with E-state index in [2.05, 4.69) is 21.9 Å². The molecule has 2 rings (SSSR count). The van der Waals surface area contributed by atoms with Gasteiger partial charge in [-0.2, -0.15) is 0 Å². The number of aromatic nitrogens is 2. The van der Waals surface area contributed by atoms with Gasteiger partial charge in [-0.05, 0) is 24.1 Å². The van der Waals surface area contributed by atoms with Crippen LogP contribution in [0.25, 0.3) is 11.1 Å². The Morgan fingerprint density at radius 3 is 2.38 bits per heavy atom. The maximum atomic E-state index is 11.3. The molecule has 0 unspecified atom stereocenters. The van der Waals surface area contributed by atoms with Crippen molar-refractivity contribution < 1.29 is 9.53 Å². The molecule has 5 heteroatoms. The highest BCUT2D eigenvalue weighted by atomic mass is 16.5. The first-order valence-electron chi connectivity index (χ1n) is 6.53. The Labute approximate surface area is 123 Å². The van der Waals surface area contributed by atoms with Crippen LogP contribution in [0.1, 0.15) is 18.5 Å². The summed E-state index contributed by atoms with van der Waals surface area (Å²) < 4.78 is 4.93. The van der Waals surface area contributed by atoms with Gasteiger partial charge in [0.15, 0.2) is 0 Å². The molecule has 0 saturated carbocycles. The minimum Gasteiger partial charge on any atom is -0.467 e. The van der Waals surface area contributed by atoms with E-state index in [1.54, 1.807) is 12.4 Å². The zero-order valence-corrected chi connectivity index (χ0v) is 12.0. The lowest BCUT2D eigenvalue weighted by Gasteiger charge is -2.13. The molecule has 5 nitrogen and oxygen atoms in total. The Morgan fingerprint density at radius 2 is 1.86 bits per heavy atom. The number of carbonyl (C=O) groups excluding carboxylic acids is 1. The molecular formula is C16H17N3O2. The van der Waals surface area contributed by atoms with Crippen LogP contribution in [-0.2, 0) is 4.79 Å². The lowest BCUT2D eigenvalue weighted by Crippen LogP contribution is -2.24. The predicted molar refractivity (Wildman–Crippen MR) is 80.8 cm³/mol. The molecule has 0 aliphatic carbocycles. The summed E-state index contributed by atoms with van der Waals surface area (Å²) in [6.07, 6.45) is 4.69. The van der Waals surface area contributed by atoms with Crippen LogP contribution in [-0.4, -0.2) is 23.0 Å². The summed E-state index contributed by atoms with van der Waals surface area (Å²) in [6.45, 7) is 5.36. The van der Waals surface area contributed by atoms with Crippen LogP contribution >= 0.6 is 0 Å². The summed E-state index contributed by atoms with van der Waals surface area (Å²) in [7, 11) is 1.53. The minimum absolute atomic E-state index is 0.0725. The molecule has 2 aromatic rings. The van der Waals surface area contributed by atoms with Crippen molar-refractivity contribution in [1.29, 1.82) is 0 Å². The van der Waals surface area contributed by atoms with Gasteiger partial charge >= 0.3 is 6.01 Å².